The first-order valence-corrected chi connectivity index (χ1v) is 9.51. The predicted molar refractivity (Wildman–Crippen MR) is 104 cm³/mol. The molecular formula is C22H14Cl2O4. The molecule has 0 unspecified atom stereocenters. The molecule has 3 aromatic rings. The van der Waals surface area contributed by atoms with E-state index in [0.29, 0.717) is 10.6 Å². The number of rotatable bonds is 2. The van der Waals surface area contributed by atoms with Crippen molar-refractivity contribution in [1.29, 1.82) is 0 Å². The molecule has 1 saturated heterocycles. The average molecular weight is 413 g/mol. The zero-order valence-electron chi connectivity index (χ0n) is 14.5. The van der Waals surface area contributed by atoms with E-state index in [-0.39, 0.29) is 10.6 Å². The van der Waals surface area contributed by atoms with Gasteiger partial charge >= 0.3 is 11.9 Å². The molecule has 2 aliphatic heterocycles. The minimum atomic E-state index is -1.67. The fraction of sp³-hybridized carbons (Fsp3) is 0.136. The van der Waals surface area contributed by atoms with Crippen molar-refractivity contribution in [2.45, 2.75) is 18.2 Å². The average Bonchev–Trinajstić information content (AvgIpc) is 3.22. The number of carbonyl (C=O) groups excluding carboxylic acids is 1. The van der Waals surface area contributed by atoms with Gasteiger partial charge in [-0.3, -0.25) is 0 Å². The van der Waals surface area contributed by atoms with Gasteiger partial charge in [0.2, 0.25) is 0 Å². The highest BCUT2D eigenvalue weighted by Gasteiger charge is 2.58. The Bertz CT molecular complexity index is 1010. The number of fused-ring (bicyclic) bond motifs is 2. The van der Waals surface area contributed by atoms with Gasteiger partial charge in [0, 0.05) is 0 Å². The highest BCUT2D eigenvalue weighted by Crippen LogP contribution is 2.55. The summed E-state index contributed by atoms with van der Waals surface area (Å²) in [7, 11) is 0. The topological polar surface area (TPSA) is 44.8 Å². The van der Waals surface area contributed by atoms with E-state index in [1.165, 1.54) is 6.07 Å². The number of carbonyl (C=O) groups is 1. The molecule has 0 amide bonds. The van der Waals surface area contributed by atoms with Crippen LogP contribution < -0.4 is 0 Å². The van der Waals surface area contributed by atoms with Gasteiger partial charge in [-0.15, -0.1) is 0 Å². The molecule has 3 aromatic carbocycles. The van der Waals surface area contributed by atoms with Crippen molar-refractivity contribution < 1.29 is 19.0 Å². The van der Waals surface area contributed by atoms with Crippen LogP contribution in [0.25, 0.3) is 0 Å². The van der Waals surface area contributed by atoms with Crippen LogP contribution in [0.2, 0.25) is 10.0 Å². The molecular weight excluding hydrogens is 399 g/mol. The molecule has 0 radical (unpaired) electrons. The zero-order valence-corrected chi connectivity index (χ0v) is 16.0. The molecule has 0 saturated carbocycles. The van der Waals surface area contributed by atoms with E-state index in [9.17, 15) is 4.79 Å². The van der Waals surface area contributed by atoms with Crippen LogP contribution in [-0.2, 0) is 20.2 Å². The van der Waals surface area contributed by atoms with Gasteiger partial charge in [0.1, 0.15) is 12.2 Å². The van der Waals surface area contributed by atoms with Gasteiger partial charge in [0.05, 0.1) is 21.2 Å². The third kappa shape index (κ3) is 2.73. The molecule has 2 heterocycles. The van der Waals surface area contributed by atoms with Crippen molar-refractivity contribution >= 4 is 29.2 Å². The Morgan fingerprint density at radius 2 is 1.25 bits per heavy atom. The monoisotopic (exact) mass is 412 g/mol. The molecule has 1 fully saturated rings. The van der Waals surface area contributed by atoms with Crippen LogP contribution in [0.15, 0.2) is 72.8 Å². The normalized spacial score (nSPS) is 22.3. The first kappa shape index (κ1) is 17.7. The summed E-state index contributed by atoms with van der Waals surface area (Å²) in [6.45, 7) is 0. The molecule has 2 atom stereocenters. The smallest absolute Gasteiger partial charge is 0.361 e. The summed E-state index contributed by atoms with van der Waals surface area (Å²) in [6.07, 6.45) is -0.950. The third-order valence-corrected chi connectivity index (χ3v) is 5.65. The molecule has 140 valence electrons. The van der Waals surface area contributed by atoms with Crippen LogP contribution in [-0.4, -0.2) is 5.97 Å². The molecule has 6 heteroatoms. The lowest BCUT2D eigenvalue weighted by Gasteiger charge is -2.21. The lowest BCUT2D eigenvalue weighted by atomic mass is 9.99. The van der Waals surface area contributed by atoms with Crippen molar-refractivity contribution in [2.75, 3.05) is 0 Å². The zero-order chi connectivity index (χ0) is 19.3. The second-order valence-corrected chi connectivity index (χ2v) is 7.47. The van der Waals surface area contributed by atoms with Crippen molar-refractivity contribution in [3.63, 3.8) is 0 Å². The fourth-order valence-electron chi connectivity index (χ4n) is 3.63. The minimum absolute atomic E-state index is 0.270. The maximum atomic E-state index is 12.5. The summed E-state index contributed by atoms with van der Waals surface area (Å²) in [6, 6.07) is 22.4. The van der Waals surface area contributed by atoms with Crippen LogP contribution in [0.5, 0.6) is 0 Å². The number of hydrogen-bond acceptors (Lipinski definition) is 4. The third-order valence-electron chi connectivity index (χ3n) is 4.93. The Balaban J connectivity index is 1.64. The summed E-state index contributed by atoms with van der Waals surface area (Å²) >= 11 is 12.3. The number of halogens is 2. The van der Waals surface area contributed by atoms with E-state index in [0.717, 1.165) is 11.1 Å². The van der Waals surface area contributed by atoms with Gasteiger partial charge in [-0.05, 0) is 23.3 Å². The first-order valence-electron chi connectivity index (χ1n) is 8.76. The standard InChI is InChI=1S/C22H14Cl2O4/c23-17-11-15-16(12-18(17)24)22(28-21(15)25)26-19(13-7-3-1-4-8-13)20(27-22)14-9-5-2-6-10-14/h1-12,19-20H/t19-,20-/m1/s1. The van der Waals surface area contributed by atoms with Gasteiger partial charge in [0.25, 0.3) is 0 Å². The molecule has 0 aliphatic carbocycles. The quantitative estimate of drug-likeness (QED) is 0.498. The van der Waals surface area contributed by atoms with Crippen LogP contribution in [0.4, 0.5) is 0 Å². The Hall–Kier alpha value is -2.37. The summed E-state index contributed by atoms with van der Waals surface area (Å²) in [5.74, 6) is -2.23. The first-order chi connectivity index (χ1) is 13.6. The van der Waals surface area contributed by atoms with E-state index in [4.69, 9.17) is 37.4 Å². The Labute approximate surface area is 171 Å². The lowest BCUT2D eigenvalue weighted by Crippen LogP contribution is -2.27. The largest absolute Gasteiger partial charge is 0.400 e. The molecule has 5 rings (SSSR count). The van der Waals surface area contributed by atoms with Gasteiger partial charge in [-0.2, -0.15) is 0 Å². The number of ether oxygens (including phenoxy) is 3. The van der Waals surface area contributed by atoms with E-state index < -0.39 is 24.2 Å². The highest BCUT2D eigenvalue weighted by molar-refractivity contribution is 6.42. The van der Waals surface area contributed by atoms with E-state index in [2.05, 4.69) is 0 Å². The number of hydrogen-bond donors (Lipinski definition) is 0. The maximum Gasteiger partial charge on any atom is 0.361 e. The van der Waals surface area contributed by atoms with Crippen LogP contribution in [0.3, 0.4) is 0 Å². The van der Waals surface area contributed by atoms with Crippen molar-refractivity contribution in [1.82, 2.24) is 0 Å². The number of esters is 1. The van der Waals surface area contributed by atoms with Gasteiger partial charge < -0.3 is 14.2 Å². The highest BCUT2D eigenvalue weighted by atomic mass is 35.5. The fourth-order valence-corrected chi connectivity index (χ4v) is 3.96. The predicted octanol–water partition coefficient (Wildman–Crippen LogP) is 5.80. The van der Waals surface area contributed by atoms with Gasteiger partial charge in [0.15, 0.2) is 0 Å². The maximum absolute atomic E-state index is 12.5. The van der Waals surface area contributed by atoms with Gasteiger partial charge in [-0.1, -0.05) is 83.9 Å². The molecule has 2 aliphatic rings. The summed E-state index contributed by atoms with van der Waals surface area (Å²) in [5, 5.41) is 0.566. The number of benzene rings is 3. The van der Waals surface area contributed by atoms with Crippen molar-refractivity contribution in [3.05, 3.63) is 105 Å². The van der Waals surface area contributed by atoms with E-state index >= 15 is 0 Å². The van der Waals surface area contributed by atoms with Crippen molar-refractivity contribution in [3.8, 4) is 0 Å². The summed E-state index contributed by atoms with van der Waals surface area (Å²) in [4.78, 5) is 12.5. The molecule has 1 spiro atoms. The van der Waals surface area contributed by atoms with Crippen LogP contribution in [0, 0.1) is 0 Å². The second-order valence-electron chi connectivity index (χ2n) is 6.66. The SMILES string of the molecule is O=C1OC2(O[C@H](c3ccccc3)[C@@H](c3ccccc3)O2)c2cc(Cl)c(Cl)cc21. The molecule has 4 nitrogen and oxygen atoms in total. The van der Waals surface area contributed by atoms with E-state index in [1.807, 2.05) is 60.7 Å². The van der Waals surface area contributed by atoms with Crippen LogP contribution in [0.1, 0.15) is 39.3 Å². The molecule has 0 N–H and O–H groups in total. The molecule has 28 heavy (non-hydrogen) atoms. The van der Waals surface area contributed by atoms with E-state index in [1.54, 1.807) is 6.07 Å². The lowest BCUT2D eigenvalue weighted by molar-refractivity contribution is -0.319. The van der Waals surface area contributed by atoms with Crippen molar-refractivity contribution in [2.24, 2.45) is 0 Å². The van der Waals surface area contributed by atoms with Gasteiger partial charge in [-0.25, -0.2) is 4.79 Å². The Kier molecular flexibility index (Phi) is 4.18. The summed E-state index contributed by atoms with van der Waals surface area (Å²) in [5.41, 5.74) is 2.54. The Morgan fingerprint density at radius 3 is 1.79 bits per heavy atom. The molecule has 0 aromatic heterocycles. The minimum Gasteiger partial charge on any atom is -0.400 e. The van der Waals surface area contributed by atoms with Crippen LogP contribution >= 0.6 is 23.2 Å². The second kappa shape index (κ2) is 6.61. The Morgan fingerprint density at radius 1 is 0.750 bits per heavy atom. The molecule has 0 bridgehead atoms. The summed E-state index contributed by atoms with van der Waals surface area (Å²) < 4.78 is 18.2.